The van der Waals surface area contributed by atoms with Gasteiger partial charge in [-0.2, -0.15) is 5.10 Å². The van der Waals surface area contributed by atoms with Crippen LogP contribution in [0.4, 0.5) is 0 Å². The van der Waals surface area contributed by atoms with Crippen LogP contribution in [0.25, 0.3) is 16.8 Å². The fourth-order valence-corrected chi connectivity index (χ4v) is 2.51. The van der Waals surface area contributed by atoms with E-state index in [1.165, 1.54) is 0 Å². The van der Waals surface area contributed by atoms with Gasteiger partial charge in [-0.1, -0.05) is 29.3 Å². The molecule has 0 bridgehead atoms. The molecule has 0 N–H and O–H groups in total. The average Bonchev–Trinajstić information content (AvgIpc) is 2.66. The molecular formula is C13H9Cl2N3. The number of hydrogen-bond acceptors (Lipinski definition) is 2. The monoisotopic (exact) mass is 277 g/mol. The van der Waals surface area contributed by atoms with Gasteiger partial charge >= 0.3 is 0 Å². The number of nitrogens with zero attached hydrogens (tertiary/aromatic N) is 3. The second-order valence-corrected chi connectivity index (χ2v) is 4.82. The van der Waals surface area contributed by atoms with E-state index in [2.05, 4.69) is 10.1 Å². The van der Waals surface area contributed by atoms with E-state index in [9.17, 15) is 0 Å². The van der Waals surface area contributed by atoms with Crippen LogP contribution >= 0.6 is 23.2 Å². The van der Waals surface area contributed by atoms with Gasteiger partial charge in [0, 0.05) is 23.0 Å². The van der Waals surface area contributed by atoms with Crippen LogP contribution in [0.3, 0.4) is 0 Å². The summed E-state index contributed by atoms with van der Waals surface area (Å²) in [7, 11) is 0. The topological polar surface area (TPSA) is 30.2 Å². The molecule has 2 heterocycles. The maximum Gasteiger partial charge on any atom is 0.163 e. The van der Waals surface area contributed by atoms with Crippen molar-refractivity contribution in [3.63, 3.8) is 0 Å². The number of fused-ring (bicyclic) bond motifs is 1. The van der Waals surface area contributed by atoms with E-state index in [1.54, 1.807) is 16.8 Å². The summed E-state index contributed by atoms with van der Waals surface area (Å²) in [6.45, 7) is 1.94. The molecule has 0 saturated carbocycles. The van der Waals surface area contributed by atoms with Crippen molar-refractivity contribution in [3.8, 4) is 11.1 Å². The Balaban J connectivity index is 2.34. The van der Waals surface area contributed by atoms with Gasteiger partial charge in [-0.3, -0.25) is 0 Å². The molecule has 0 spiro atoms. The van der Waals surface area contributed by atoms with Crippen LogP contribution < -0.4 is 0 Å². The third-order valence-electron chi connectivity index (χ3n) is 2.77. The quantitative estimate of drug-likeness (QED) is 0.673. The molecule has 3 aromatic rings. The van der Waals surface area contributed by atoms with E-state index < -0.39 is 0 Å². The molecule has 0 aliphatic rings. The summed E-state index contributed by atoms with van der Waals surface area (Å²) in [5, 5.41) is 5.63. The summed E-state index contributed by atoms with van der Waals surface area (Å²) < 4.78 is 1.75. The Morgan fingerprint density at radius 1 is 1.22 bits per heavy atom. The highest BCUT2D eigenvalue weighted by Crippen LogP contribution is 2.34. The van der Waals surface area contributed by atoms with Crippen molar-refractivity contribution < 1.29 is 0 Å². The first-order valence-electron chi connectivity index (χ1n) is 5.42. The largest absolute Gasteiger partial charge is 0.236 e. The summed E-state index contributed by atoms with van der Waals surface area (Å²) in [4.78, 5) is 4.35. The lowest BCUT2D eigenvalue weighted by Crippen LogP contribution is -1.87. The number of benzene rings is 1. The standard InChI is InChI=1S/C13H9Cl2N3/c1-8-12(10-4-3-9(14)7-11(10)15)13-16-5-2-6-18(13)17-8/h2-7H,1H3. The van der Waals surface area contributed by atoms with Crippen LogP contribution in [0.1, 0.15) is 5.69 Å². The summed E-state index contributed by atoms with van der Waals surface area (Å²) in [5.41, 5.74) is 3.52. The highest BCUT2D eigenvalue weighted by molar-refractivity contribution is 6.36. The number of aryl methyl sites for hydroxylation is 1. The van der Waals surface area contributed by atoms with Gasteiger partial charge in [0.25, 0.3) is 0 Å². The van der Waals surface area contributed by atoms with E-state index in [0.717, 1.165) is 22.5 Å². The molecule has 0 atom stereocenters. The maximum absolute atomic E-state index is 6.24. The predicted molar refractivity (Wildman–Crippen MR) is 73.2 cm³/mol. The molecule has 0 aliphatic carbocycles. The molecule has 1 aromatic carbocycles. The van der Waals surface area contributed by atoms with E-state index in [0.29, 0.717) is 10.0 Å². The molecule has 2 aromatic heterocycles. The molecule has 0 aliphatic heterocycles. The van der Waals surface area contributed by atoms with Crippen molar-refractivity contribution >= 4 is 28.8 Å². The predicted octanol–water partition coefficient (Wildman–Crippen LogP) is 4.01. The smallest absolute Gasteiger partial charge is 0.163 e. The Kier molecular flexibility index (Phi) is 2.73. The van der Waals surface area contributed by atoms with Crippen LogP contribution in [0.2, 0.25) is 10.0 Å². The molecule has 0 amide bonds. The lowest BCUT2D eigenvalue weighted by Gasteiger charge is -2.03. The van der Waals surface area contributed by atoms with Gasteiger partial charge in [0.1, 0.15) is 0 Å². The van der Waals surface area contributed by atoms with Crippen molar-refractivity contribution in [2.45, 2.75) is 6.92 Å². The Bertz CT molecular complexity index is 734. The minimum atomic E-state index is 0.603. The Morgan fingerprint density at radius 3 is 2.83 bits per heavy atom. The Morgan fingerprint density at radius 2 is 2.06 bits per heavy atom. The van der Waals surface area contributed by atoms with Gasteiger partial charge in [0.05, 0.1) is 16.3 Å². The van der Waals surface area contributed by atoms with E-state index >= 15 is 0 Å². The highest BCUT2D eigenvalue weighted by Gasteiger charge is 2.15. The molecule has 90 valence electrons. The zero-order valence-electron chi connectivity index (χ0n) is 9.56. The zero-order valence-corrected chi connectivity index (χ0v) is 11.1. The van der Waals surface area contributed by atoms with E-state index in [4.69, 9.17) is 23.2 Å². The second kappa shape index (κ2) is 4.26. The fraction of sp³-hybridized carbons (Fsp3) is 0.0769. The molecule has 0 unspecified atom stereocenters. The molecule has 0 saturated heterocycles. The minimum absolute atomic E-state index is 0.603. The normalized spacial score (nSPS) is 11.1. The van der Waals surface area contributed by atoms with Crippen LogP contribution in [0, 0.1) is 6.92 Å². The fourth-order valence-electron chi connectivity index (χ4n) is 2.00. The summed E-state index contributed by atoms with van der Waals surface area (Å²) in [6.07, 6.45) is 3.60. The first-order valence-corrected chi connectivity index (χ1v) is 6.18. The van der Waals surface area contributed by atoms with Crippen molar-refractivity contribution in [1.82, 2.24) is 14.6 Å². The lowest BCUT2D eigenvalue weighted by atomic mass is 10.1. The van der Waals surface area contributed by atoms with Crippen LogP contribution in [0.15, 0.2) is 36.7 Å². The van der Waals surface area contributed by atoms with E-state index in [-0.39, 0.29) is 0 Å². The number of aromatic nitrogens is 3. The van der Waals surface area contributed by atoms with Crippen LogP contribution in [-0.2, 0) is 0 Å². The van der Waals surface area contributed by atoms with Gasteiger partial charge in [-0.15, -0.1) is 0 Å². The van der Waals surface area contributed by atoms with Crippen molar-refractivity contribution in [2.24, 2.45) is 0 Å². The molecule has 3 nitrogen and oxygen atoms in total. The third-order valence-corrected chi connectivity index (χ3v) is 3.32. The van der Waals surface area contributed by atoms with E-state index in [1.807, 2.05) is 31.3 Å². The molecule has 5 heteroatoms. The van der Waals surface area contributed by atoms with Gasteiger partial charge < -0.3 is 0 Å². The highest BCUT2D eigenvalue weighted by atomic mass is 35.5. The zero-order chi connectivity index (χ0) is 12.7. The van der Waals surface area contributed by atoms with Crippen molar-refractivity contribution in [3.05, 3.63) is 52.4 Å². The Hall–Kier alpha value is -1.58. The summed E-state index contributed by atoms with van der Waals surface area (Å²) in [6, 6.07) is 7.27. The lowest BCUT2D eigenvalue weighted by molar-refractivity contribution is 0.917. The van der Waals surface area contributed by atoms with Gasteiger partial charge in [0.2, 0.25) is 0 Å². The first kappa shape index (κ1) is 11.5. The minimum Gasteiger partial charge on any atom is -0.236 e. The summed E-state index contributed by atoms with van der Waals surface area (Å²) in [5.74, 6) is 0. The third kappa shape index (κ3) is 1.76. The second-order valence-electron chi connectivity index (χ2n) is 3.97. The van der Waals surface area contributed by atoms with Crippen molar-refractivity contribution in [2.75, 3.05) is 0 Å². The SMILES string of the molecule is Cc1nn2cccnc2c1-c1ccc(Cl)cc1Cl. The number of hydrogen-bond donors (Lipinski definition) is 0. The number of rotatable bonds is 1. The van der Waals surface area contributed by atoms with Gasteiger partial charge in [-0.25, -0.2) is 9.50 Å². The molecule has 3 rings (SSSR count). The number of halogens is 2. The molecule has 18 heavy (non-hydrogen) atoms. The first-order chi connectivity index (χ1) is 8.66. The molecule has 0 radical (unpaired) electrons. The van der Waals surface area contributed by atoms with Crippen molar-refractivity contribution in [1.29, 1.82) is 0 Å². The molecular weight excluding hydrogens is 269 g/mol. The van der Waals surface area contributed by atoms with Gasteiger partial charge in [-0.05, 0) is 25.1 Å². The summed E-state index contributed by atoms with van der Waals surface area (Å²) >= 11 is 12.2. The Labute approximate surface area is 114 Å². The molecule has 0 fully saturated rings. The van der Waals surface area contributed by atoms with Crippen LogP contribution in [-0.4, -0.2) is 14.6 Å². The van der Waals surface area contributed by atoms with Crippen LogP contribution in [0.5, 0.6) is 0 Å². The maximum atomic E-state index is 6.24. The van der Waals surface area contributed by atoms with Gasteiger partial charge in [0.15, 0.2) is 5.65 Å². The average molecular weight is 278 g/mol.